The van der Waals surface area contributed by atoms with Crippen LogP contribution in [-0.2, 0) is 17.8 Å². The average Bonchev–Trinajstić information content (AvgIpc) is 3.22. The van der Waals surface area contributed by atoms with Crippen molar-refractivity contribution < 1.29 is 23.1 Å². The normalized spacial score (nSPS) is 21.4. The molecule has 0 radical (unpaired) electrons. The Bertz CT molecular complexity index is 793. The molecule has 0 spiro atoms. The second-order valence-corrected chi connectivity index (χ2v) is 6.87. The van der Waals surface area contributed by atoms with Gasteiger partial charge in [0.2, 0.25) is 5.91 Å². The number of benzene rings is 1. The number of nitrogens with two attached hydrogens (primary N) is 1. The average molecular weight is 382 g/mol. The number of β-amino-alcohol motifs (C(OH)–C–C–N with tert-alkyl or cyclic N) is 1. The second-order valence-electron chi connectivity index (χ2n) is 6.87. The number of aromatic nitrogens is 2. The van der Waals surface area contributed by atoms with Crippen molar-refractivity contribution in [1.82, 2.24) is 14.5 Å². The lowest BCUT2D eigenvalue weighted by Crippen LogP contribution is -2.50. The van der Waals surface area contributed by atoms with E-state index in [0.29, 0.717) is 12.2 Å². The van der Waals surface area contributed by atoms with Crippen LogP contribution >= 0.6 is 0 Å². The predicted molar refractivity (Wildman–Crippen MR) is 91.7 cm³/mol. The van der Waals surface area contributed by atoms with E-state index in [0.717, 1.165) is 10.5 Å². The van der Waals surface area contributed by atoms with Crippen molar-refractivity contribution in [1.29, 1.82) is 0 Å². The summed E-state index contributed by atoms with van der Waals surface area (Å²) < 4.78 is 40.5. The summed E-state index contributed by atoms with van der Waals surface area (Å²) in [7, 11) is 0. The Balaban J connectivity index is 1.58. The van der Waals surface area contributed by atoms with Gasteiger partial charge in [0.25, 0.3) is 0 Å². The van der Waals surface area contributed by atoms with E-state index in [1.54, 1.807) is 12.5 Å². The van der Waals surface area contributed by atoms with Crippen LogP contribution < -0.4 is 5.73 Å². The molecule has 0 unspecified atom stereocenters. The molecule has 9 heteroatoms. The molecule has 1 saturated heterocycles. The Hall–Kier alpha value is -2.39. The van der Waals surface area contributed by atoms with Gasteiger partial charge in [-0.2, -0.15) is 13.2 Å². The molecule has 146 valence electrons. The fraction of sp³-hybridized carbons (Fsp3) is 0.444. The fourth-order valence-electron chi connectivity index (χ4n) is 3.15. The molecule has 2 heterocycles. The quantitative estimate of drug-likeness (QED) is 0.817. The number of amides is 1. The topological polar surface area (TPSA) is 84.4 Å². The molecular formula is C18H21F3N4O2. The van der Waals surface area contributed by atoms with E-state index in [4.69, 9.17) is 5.73 Å². The van der Waals surface area contributed by atoms with Crippen LogP contribution in [0.5, 0.6) is 0 Å². The third-order valence-electron chi connectivity index (χ3n) is 4.73. The number of hydrogen-bond donors (Lipinski definition) is 2. The Kier molecular flexibility index (Phi) is 5.25. The SMILES string of the molecule is N[C@@H](Cc1cn(Cc2ccccc2)cn1)C(=O)N1CC[C@@](O)(C(F)(F)F)C1. The largest absolute Gasteiger partial charge is 0.419 e. The van der Waals surface area contributed by atoms with Crippen LogP contribution in [0, 0.1) is 0 Å². The third kappa shape index (κ3) is 4.30. The van der Waals surface area contributed by atoms with Gasteiger partial charge in [0.1, 0.15) is 0 Å². The van der Waals surface area contributed by atoms with Crippen LogP contribution in [0.4, 0.5) is 13.2 Å². The highest BCUT2D eigenvalue weighted by atomic mass is 19.4. The number of imidazole rings is 1. The van der Waals surface area contributed by atoms with Crippen LogP contribution in [-0.4, -0.2) is 56.4 Å². The van der Waals surface area contributed by atoms with Crippen LogP contribution in [0.1, 0.15) is 17.7 Å². The van der Waals surface area contributed by atoms with Crippen molar-refractivity contribution in [2.45, 2.75) is 37.2 Å². The van der Waals surface area contributed by atoms with E-state index in [1.165, 1.54) is 0 Å². The highest BCUT2D eigenvalue weighted by molar-refractivity contribution is 5.82. The molecule has 27 heavy (non-hydrogen) atoms. The van der Waals surface area contributed by atoms with Gasteiger partial charge < -0.3 is 20.3 Å². The van der Waals surface area contributed by atoms with E-state index in [1.807, 2.05) is 34.9 Å². The molecule has 3 rings (SSSR count). The van der Waals surface area contributed by atoms with Gasteiger partial charge in [-0.1, -0.05) is 30.3 Å². The molecule has 0 bridgehead atoms. The van der Waals surface area contributed by atoms with Crippen molar-refractivity contribution in [3.05, 3.63) is 54.1 Å². The minimum absolute atomic E-state index is 0.113. The summed E-state index contributed by atoms with van der Waals surface area (Å²) in [4.78, 5) is 17.5. The summed E-state index contributed by atoms with van der Waals surface area (Å²) in [6.07, 6.45) is -1.82. The lowest BCUT2D eigenvalue weighted by molar-refractivity contribution is -0.253. The van der Waals surface area contributed by atoms with E-state index in [9.17, 15) is 23.1 Å². The van der Waals surface area contributed by atoms with Crippen LogP contribution in [0.25, 0.3) is 0 Å². The minimum Gasteiger partial charge on any atom is -0.379 e. The monoisotopic (exact) mass is 382 g/mol. The lowest BCUT2D eigenvalue weighted by Gasteiger charge is -2.26. The number of halogens is 3. The zero-order valence-electron chi connectivity index (χ0n) is 14.6. The maximum absolute atomic E-state index is 12.9. The summed E-state index contributed by atoms with van der Waals surface area (Å²) in [6.45, 7) is -0.349. The summed E-state index contributed by atoms with van der Waals surface area (Å²) in [5.41, 5.74) is 4.69. The number of alkyl halides is 3. The molecule has 0 aliphatic carbocycles. The smallest absolute Gasteiger partial charge is 0.379 e. The third-order valence-corrected chi connectivity index (χ3v) is 4.73. The molecule has 0 saturated carbocycles. The number of aliphatic hydroxyl groups is 1. The van der Waals surface area contributed by atoms with E-state index in [2.05, 4.69) is 4.98 Å². The van der Waals surface area contributed by atoms with Crippen molar-refractivity contribution >= 4 is 5.91 Å². The maximum Gasteiger partial charge on any atom is 0.419 e. The van der Waals surface area contributed by atoms with Gasteiger partial charge in [-0.25, -0.2) is 4.98 Å². The number of likely N-dealkylation sites (tertiary alicyclic amines) is 1. The number of hydrogen-bond acceptors (Lipinski definition) is 4. The molecule has 1 aromatic carbocycles. The van der Waals surface area contributed by atoms with E-state index in [-0.39, 0.29) is 13.0 Å². The molecule has 1 aliphatic rings. The van der Waals surface area contributed by atoms with Gasteiger partial charge in [0.05, 0.1) is 24.6 Å². The van der Waals surface area contributed by atoms with E-state index < -0.39 is 36.7 Å². The van der Waals surface area contributed by atoms with Gasteiger partial charge in [0.15, 0.2) is 5.60 Å². The van der Waals surface area contributed by atoms with Crippen LogP contribution in [0.15, 0.2) is 42.9 Å². The molecule has 2 aromatic rings. The van der Waals surface area contributed by atoms with Crippen LogP contribution in [0.3, 0.4) is 0 Å². The zero-order valence-corrected chi connectivity index (χ0v) is 14.6. The Morgan fingerprint density at radius 2 is 2.04 bits per heavy atom. The van der Waals surface area contributed by atoms with Crippen molar-refractivity contribution in [3.63, 3.8) is 0 Å². The fourth-order valence-corrected chi connectivity index (χ4v) is 3.15. The summed E-state index contributed by atoms with van der Waals surface area (Å²) in [5, 5.41) is 9.69. The highest BCUT2D eigenvalue weighted by Crippen LogP contribution is 2.37. The van der Waals surface area contributed by atoms with Crippen LogP contribution in [0.2, 0.25) is 0 Å². The molecule has 2 atom stereocenters. The van der Waals surface area contributed by atoms with E-state index >= 15 is 0 Å². The summed E-state index contributed by atoms with van der Waals surface area (Å²) >= 11 is 0. The maximum atomic E-state index is 12.9. The van der Waals surface area contributed by atoms with Gasteiger partial charge >= 0.3 is 6.18 Å². The number of carbonyl (C=O) groups is 1. The Labute approximate surface area is 154 Å². The molecule has 1 aliphatic heterocycles. The molecule has 1 amide bonds. The van der Waals surface area contributed by atoms with Gasteiger partial charge in [-0.05, 0) is 5.56 Å². The van der Waals surface area contributed by atoms with Crippen molar-refractivity contribution in [2.24, 2.45) is 5.73 Å². The molecule has 6 nitrogen and oxygen atoms in total. The Morgan fingerprint density at radius 1 is 1.33 bits per heavy atom. The predicted octanol–water partition coefficient (Wildman–Crippen LogP) is 1.33. The first-order valence-electron chi connectivity index (χ1n) is 8.56. The number of nitrogens with zero attached hydrogens (tertiary/aromatic N) is 3. The Morgan fingerprint density at radius 3 is 2.67 bits per heavy atom. The first-order valence-corrected chi connectivity index (χ1v) is 8.56. The molecule has 1 aromatic heterocycles. The molecular weight excluding hydrogens is 361 g/mol. The van der Waals surface area contributed by atoms with Gasteiger partial charge in [-0.3, -0.25) is 4.79 Å². The number of carbonyl (C=O) groups excluding carboxylic acids is 1. The lowest BCUT2D eigenvalue weighted by atomic mass is 10.0. The summed E-state index contributed by atoms with van der Waals surface area (Å²) in [6, 6.07) is 8.72. The summed E-state index contributed by atoms with van der Waals surface area (Å²) in [5.74, 6) is -0.618. The highest BCUT2D eigenvalue weighted by Gasteiger charge is 2.58. The first-order chi connectivity index (χ1) is 12.7. The molecule has 3 N–H and O–H groups in total. The first kappa shape index (κ1) is 19.4. The van der Waals surface area contributed by atoms with Crippen molar-refractivity contribution in [2.75, 3.05) is 13.1 Å². The standard InChI is InChI=1S/C18H21F3N4O2/c19-18(20,21)17(27)6-7-25(11-17)16(26)15(22)8-14-10-24(12-23-14)9-13-4-2-1-3-5-13/h1-5,10,12,15,27H,6-9,11,22H2/t15-,17-/m0/s1. The second kappa shape index (κ2) is 7.32. The molecule has 1 fully saturated rings. The van der Waals surface area contributed by atoms with Gasteiger partial charge in [-0.15, -0.1) is 0 Å². The number of rotatable bonds is 5. The minimum atomic E-state index is -4.78. The van der Waals surface area contributed by atoms with Gasteiger partial charge in [0, 0.05) is 32.1 Å². The zero-order chi connectivity index (χ0) is 19.7. The van der Waals surface area contributed by atoms with Crippen molar-refractivity contribution in [3.8, 4) is 0 Å².